The summed E-state index contributed by atoms with van der Waals surface area (Å²) in [5, 5.41) is 7.05. The quantitative estimate of drug-likeness (QED) is 0.874. The number of hydrogen-bond acceptors (Lipinski definition) is 4. The van der Waals surface area contributed by atoms with Gasteiger partial charge in [-0.1, -0.05) is 12.1 Å². The highest BCUT2D eigenvalue weighted by molar-refractivity contribution is 5.56. The zero-order valence-corrected chi connectivity index (χ0v) is 10.4. The molecule has 0 amide bonds. The van der Waals surface area contributed by atoms with Crippen LogP contribution in [0.5, 0.6) is 5.75 Å². The van der Waals surface area contributed by atoms with Gasteiger partial charge in [0.2, 0.25) is 0 Å². The van der Waals surface area contributed by atoms with E-state index in [0.29, 0.717) is 18.8 Å². The van der Waals surface area contributed by atoms with E-state index in [2.05, 4.69) is 20.1 Å². The van der Waals surface area contributed by atoms with Gasteiger partial charge in [-0.2, -0.15) is 13.9 Å². The number of nitrogens with zero attached hydrogens (tertiary/aromatic N) is 3. The topological polar surface area (TPSA) is 52.0 Å². The van der Waals surface area contributed by atoms with Crippen molar-refractivity contribution in [3.63, 3.8) is 0 Å². The predicted octanol–water partition coefficient (Wildman–Crippen LogP) is 2.51. The van der Waals surface area contributed by atoms with Crippen molar-refractivity contribution in [1.82, 2.24) is 14.8 Å². The average Bonchev–Trinajstić information content (AvgIpc) is 2.84. The molecule has 0 unspecified atom stereocenters. The molecule has 1 aromatic heterocycles. The lowest BCUT2D eigenvalue weighted by Gasteiger charge is -2.12. The fourth-order valence-corrected chi connectivity index (χ4v) is 1.67. The maximum absolute atomic E-state index is 12.3. The van der Waals surface area contributed by atoms with Gasteiger partial charge in [-0.3, -0.25) is 0 Å². The van der Waals surface area contributed by atoms with Gasteiger partial charge in [0.25, 0.3) is 0 Å². The van der Waals surface area contributed by atoms with E-state index in [9.17, 15) is 8.78 Å². The number of anilines is 1. The van der Waals surface area contributed by atoms with Crippen molar-refractivity contribution >= 4 is 5.69 Å². The number of para-hydroxylation sites is 2. The van der Waals surface area contributed by atoms with Gasteiger partial charge >= 0.3 is 6.61 Å². The molecular formula is C12H14F2N4O. The third-order valence-electron chi connectivity index (χ3n) is 2.54. The minimum Gasteiger partial charge on any atom is -0.433 e. The van der Waals surface area contributed by atoms with Crippen LogP contribution in [0.4, 0.5) is 14.5 Å². The molecule has 7 heteroatoms. The van der Waals surface area contributed by atoms with E-state index in [-0.39, 0.29) is 5.75 Å². The molecule has 102 valence electrons. The number of aryl methyl sites for hydroxylation is 1. The Morgan fingerprint density at radius 1 is 1.37 bits per heavy atom. The van der Waals surface area contributed by atoms with Crippen LogP contribution in [0.1, 0.15) is 12.7 Å². The Balaban J connectivity index is 2.07. The van der Waals surface area contributed by atoms with E-state index in [4.69, 9.17) is 0 Å². The Bertz CT molecular complexity index is 530. The monoisotopic (exact) mass is 268 g/mol. The van der Waals surface area contributed by atoms with E-state index in [1.807, 2.05) is 6.92 Å². The van der Waals surface area contributed by atoms with Gasteiger partial charge in [0, 0.05) is 6.54 Å². The lowest BCUT2D eigenvalue weighted by atomic mass is 10.3. The highest BCUT2D eigenvalue weighted by Crippen LogP contribution is 2.25. The number of hydrogen-bond donors (Lipinski definition) is 1. The van der Waals surface area contributed by atoms with Gasteiger partial charge in [-0.05, 0) is 19.1 Å². The predicted molar refractivity (Wildman–Crippen MR) is 66.1 cm³/mol. The fourth-order valence-electron chi connectivity index (χ4n) is 1.67. The molecule has 2 rings (SSSR count). The third-order valence-corrected chi connectivity index (χ3v) is 2.54. The molecule has 0 aliphatic rings. The second-order valence-electron chi connectivity index (χ2n) is 3.72. The Kier molecular flexibility index (Phi) is 4.27. The summed E-state index contributed by atoms with van der Waals surface area (Å²) >= 11 is 0. The molecule has 2 aromatic rings. The van der Waals surface area contributed by atoms with E-state index in [1.165, 1.54) is 12.4 Å². The number of halogens is 2. The Morgan fingerprint density at radius 2 is 2.16 bits per heavy atom. The van der Waals surface area contributed by atoms with E-state index in [1.54, 1.807) is 22.9 Å². The standard InChI is InChI=1S/C12H14F2N4O/c1-2-18-11(16-8-17-18)7-15-9-5-3-4-6-10(9)19-12(13)14/h3-6,8,12,15H,2,7H2,1H3. The molecule has 1 aromatic carbocycles. The van der Waals surface area contributed by atoms with Crippen molar-refractivity contribution in [1.29, 1.82) is 0 Å². The zero-order chi connectivity index (χ0) is 13.7. The molecule has 0 aliphatic carbocycles. The van der Waals surface area contributed by atoms with Gasteiger partial charge in [-0.25, -0.2) is 9.67 Å². The number of ether oxygens (including phenoxy) is 1. The van der Waals surface area contributed by atoms with Crippen LogP contribution in [-0.2, 0) is 13.1 Å². The van der Waals surface area contributed by atoms with Crippen molar-refractivity contribution in [2.24, 2.45) is 0 Å². The number of alkyl halides is 2. The van der Waals surface area contributed by atoms with Gasteiger partial charge in [0.1, 0.15) is 17.9 Å². The van der Waals surface area contributed by atoms with Crippen LogP contribution >= 0.6 is 0 Å². The molecule has 19 heavy (non-hydrogen) atoms. The van der Waals surface area contributed by atoms with Crippen molar-refractivity contribution < 1.29 is 13.5 Å². The second kappa shape index (κ2) is 6.12. The van der Waals surface area contributed by atoms with Crippen LogP contribution in [0.3, 0.4) is 0 Å². The minimum absolute atomic E-state index is 0.111. The summed E-state index contributed by atoms with van der Waals surface area (Å²) in [6.07, 6.45) is 1.46. The van der Waals surface area contributed by atoms with Crippen LogP contribution in [0, 0.1) is 0 Å². The van der Waals surface area contributed by atoms with Crippen molar-refractivity contribution in [2.75, 3.05) is 5.32 Å². The molecule has 0 saturated carbocycles. The lowest BCUT2D eigenvalue weighted by Crippen LogP contribution is -2.10. The molecule has 0 spiro atoms. The van der Waals surface area contributed by atoms with E-state index < -0.39 is 6.61 Å². The second-order valence-corrected chi connectivity index (χ2v) is 3.72. The molecule has 0 saturated heterocycles. The van der Waals surface area contributed by atoms with E-state index >= 15 is 0 Å². The highest BCUT2D eigenvalue weighted by Gasteiger charge is 2.09. The van der Waals surface area contributed by atoms with Crippen molar-refractivity contribution in [3.8, 4) is 5.75 Å². The summed E-state index contributed by atoms with van der Waals surface area (Å²) in [5.41, 5.74) is 0.494. The maximum atomic E-state index is 12.3. The highest BCUT2D eigenvalue weighted by atomic mass is 19.3. The third kappa shape index (κ3) is 3.40. The summed E-state index contributed by atoms with van der Waals surface area (Å²) in [4.78, 5) is 4.09. The molecule has 1 heterocycles. The molecule has 0 fully saturated rings. The van der Waals surface area contributed by atoms with Crippen LogP contribution in [0.15, 0.2) is 30.6 Å². The van der Waals surface area contributed by atoms with Gasteiger partial charge in [0.15, 0.2) is 0 Å². The van der Waals surface area contributed by atoms with Gasteiger partial charge < -0.3 is 10.1 Å². The summed E-state index contributed by atoms with van der Waals surface area (Å²) in [6.45, 7) is 0.192. The Hall–Kier alpha value is -2.18. The van der Waals surface area contributed by atoms with Crippen LogP contribution < -0.4 is 10.1 Å². The molecule has 5 nitrogen and oxygen atoms in total. The molecule has 0 atom stereocenters. The molecule has 0 aliphatic heterocycles. The van der Waals surface area contributed by atoms with Crippen LogP contribution in [-0.4, -0.2) is 21.4 Å². The smallest absolute Gasteiger partial charge is 0.387 e. The summed E-state index contributed by atoms with van der Waals surface area (Å²) < 4.78 is 30.7. The first kappa shape index (κ1) is 13.3. The first-order chi connectivity index (χ1) is 9.20. The molecule has 0 bridgehead atoms. The summed E-state index contributed by atoms with van der Waals surface area (Å²) in [5.74, 6) is 0.842. The van der Waals surface area contributed by atoms with E-state index in [0.717, 1.165) is 5.82 Å². The first-order valence-electron chi connectivity index (χ1n) is 5.85. The molecule has 0 radical (unpaired) electrons. The van der Waals surface area contributed by atoms with Gasteiger partial charge in [-0.15, -0.1) is 0 Å². The number of aromatic nitrogens is 3. The minimum atomic E-state index is -2.85. The number of benzene rings is 1. The lowest BCUT2D eigenvalue weighted by molar-refractivity contribution is -0.0493. The zero-order valence-electron chi connectivity index (χ0n) is 10.4. The maximum Gasteiger partial charge on any atom is 0.387 e. The first-order valence-corrected chi connectivity index (χ1v) is 5.85. The summed E-state index contributed by atoms with van der Waals surface area (Å²) in [6, 6.07) is 6.53. The number of nitrogens with one attached hydrogen (secondary N) is 1. The summed E-state index contributed by atoms with van der Waals surface area (Å²) in [7, 11) is 0. The Morgan fingerprint density at radius 3 is 2.89 bits per heavy atom. The van der Waals surface area contributed by atoms with Crippen molar-refractivity contribution in [2.45, 2.75) is 26.6 Å². The van der Waals surface area contributed by atoms with Crippen LogP contribution in [0.25, 0.3) is 0 Å². The normalized spacial score (nSPS) is 10.7. The largest absolute Gasteiger partial charge is 0.433 e. The Labute approximate surface area is 109 Å². The average molecular weight is 268 g/mol. The van der Waals surface area contributed by atoms with Crippen molar-refractivity contribution in [3.05, 3.63) is 36.4 Å². The number of rotatable bonds is 6. The van der Waals surface area contributed by atoms with Crippen LogP contribution in [0.2, 0.25) is 0 Å². The fraction of sp³-hybridized carbons (Fsp3) is 0.333. The van der Waals surface area contributed by atoms with Gasteiger partial charge in [0.05, 0.1) is 12.2 Å². The molecule has 1 N–H and O–H groups in total. The SMILES string of the molecule is CCn1ncnc1CNc1ccccc1OC(F)F. The molecular weight excluding hydrogens is 254 g/mol.